The van der Waals surface area contributed by atoms with Gasteiger partial charge in [0, 0.05) is 18.2 Å². The quantitative estimate of drug-likeness (QED) is 0.526. The Kier molecular flexibility index (Phi) is 3.53. The van der Waals surface area contributed by atoms with E-state index in [1.165, 1.54) is 0 Å². The molecule has 17 heavy (non-hydrogen) atoms. The lowest BCUT2D eigenvalue weighted by Gasteiger charge is -2.02. The molecule has 6 heteroatoms. The molecule has 0 aromatic carbocycles. The van der Waals surface area contributed by atoms with Gasteiger partial charge in [0.2, 0.25) is 5.43 Å². The minimum atomic E-state index is -0.144. The van der Waals surface area contributed by atoms with Crippen molar-refractivity contribution in [3.8, 4) is 0 Å². The maximum Gasteiger partial charge on any atom is 0.293 e. The second-order valence-electron chi connectivity index (χ2n) is 3.39. The molecule has 0 radical (unpaired) electrons. The van der Waals surface area contributed by atoms with Crippen LogP contribution in [-0.4, -0.2) is 23.0 Å². The molecule has 0 amide bonds. The first-order chi connectivity index (χ1) is 8.22. The summed E-state index contributed by atoms with van der Waals surface area (Å²) < 4.78 is 5.17. The highest BCUT2D eigenvalue weighted by atomic mass is 79.9. The van der Waals surface area contributed by atoms with E-state index in [-0.39, 0.29) is 12.0 Å². The van der Waals surface area contributed by atoms with Gasteiger partial charge in [-0.05, 0) is 28.1 Å². The van der Waals surface area contributed by atoms with Gasteiger partial charge >= 0.3 is 0 Å². The van der Waals surface area contributed by atoms with Crippen LogP contribution in [-0.2, 0) is 16.0 Å². The maximum absolute atomic E-state index is 12.0. The normalized spacial score (nSPS) is 10.4. The average molecular weight is 297 g/mol. The standard InChI is InChI=1S/C11H9BrN2O3/c12-9-2-1-8-10(14-9)11(16)7(5-13-8)3-4-17-6-15/h1-2,5-6H,3-4H2,(H,13,16). The molecule has 0 atom stereocenters. The van der Waals surface area contributed by atoms with Gasteiger partial charge in [-0.1, -0.05) is 0 Å². The number of carbonyl (C=O) groups excluding carboxylic acids is 1. The summed E-state index contributed by atoms with van der Waals surface area (Å²) in [5.41, 5.74) is 1.46. The zero-order valence-corrected chi connectivity index (χ0v) is 10.4. The van der Waals surface area contributed by atoms with Crippen molar-refractivity contribution < 1.29 is 9.53 Å². The van der Waals surface area contributed by atoms with Gasteiger partial charge in [0.05, 0.1) is 12.1 Å². The Morgan fingerprint density at radius 2 is 2.29 bits per heavy atom. The SMILES string of the molecule is O=COCCc1c[nH]c2ccc(Br)nc2c1=O. The lowest BCUT2D eigenvalue weighted by atomic mass is 10.2. The minimum Gasteiger partial charge on any atom is -0.468 e. The fourth-order valence-corrected chi connectivity index (χ4v) is 1.82. The van der Waals surface area contributed by atoms with Crippen LogP contribution in [0.25, 0.3) is 11.0 Å². The van der Waals surface area contributed by atoms with Crippen LogP contribution in [0.5, 0.6) is 0 Å². The minimum absolute atomic E-state index is 0.144. The smallest absolute Gasteiger partial charge is 0.293 e. The molecular weight excluding hydrogens is 288 g/mol. The van der Waals surface area contributed by atoms with Gasteiger partial charge in [0.15, 0.2) is 0 Å². The summed E-state index contributed by atoms with van der Waals surface area (Å²) in [4.78, 5) is 29.2. The molecule has 0 aliphatic carbocycles. The van der Waals surface area contributed by atoms with E-state index in [1.54, 1.807) is 18.3 Å². The second-order valence-corrected chi connectivity index (χ2v) is 4.20. The number of hydrogen-bond donors (Lipinski definition) is 1. The van der Waals surface area contributed by atoms with Gasteiger partial charge in [0.25, 0.3) is 6.47 Å². The van der Waals surface area contributed by atoms with Gasteiger partial charge in [-0.15, -0.1) is 0 Å². The fourth-order valence-electron chi connectivity index (χ4n) is 1.51. The number of nitrogens with one attached hydrogen (secondary N) is 1. The molecule has 2 aromatic rings. The Balaban J connectivity index is 2.42. The van der Waals surface area contributed by atoms with Crippen LogP contribution in [0.2, 0.25) is 0 Å². The van der Waals surface area contributed by atoms with Crippen molar-refractivity contribution in [1.82, 2.24) is 9.97 Å². The molecule has 0 unspecified atom stereocenters. The summed E-state index contributed by atoms with van der Waals surface area (Å²) in [5.74, 6) is 0. The van der Waals surface area contributed by atoms with Crippen molar-refractivity contribution in [2.45, 2.75) is 6.42 Å². The molecular formula is C11H9BrN2O3. The highest BCUT2D eigenvalue weighted by molar-refractivity contribution is 9.10. The van der Waals surface area contributed by atoms with Crippen molar-refractivity contribution in [3.63, 3.8) is 0 Å². The third-order valence-electron chi connectivity index (χ3n) is 2.33. The number of nitrogens with zero attached hydrogens (tertiary/aromatic N) is 1. The number of fused-ring (bicyclic) bond motifs is 1. The molecule has 5 nitrogen and oxygen atoms in total. The zero-order chi connectivity index (χ0) is 12.3. The van der Waals surface area contributed by atoms with Crippen LogP contribution >= 0.6 is 15.9 Å². The van der Waals surface area contributed by atoms with Crippen LogP contribution in [0, 0.1) is 0 Å². The molecule has 0 aliphatic heterocycles. The Labute approximate surface area is 105 Å². The summed E-state index contributed by atoms with van der Waals surface area (Å²) in [6.07, 6.45) is 1.99. The third kappa shape index (κ3) is 2.52. The van der Waals surface area contributed by atoms with E-state index in [0.717, 1.165) is 0 Å². The van der Waals surface area contributed by atoms with Crippen LogP contribution in [0.4, 0.5) is 0 Å². The van der Waals surface area contributed by atoms with Crippen molar-refractivity contribution in [1.29, 1.82) is 0 Å². The molecule has 0 spiro atoms. The summed E-state index contributed by atoms with van der Waals surface area (Å²) in [6.45, 7) is 0.552. The first kappa shape index (κ1) is 11.8. The van der Waals surface area contributed by atoms with Crippen LogP contribution in [0.3, 0.4) is 0 Å². The molecule has 1 N–H and O–H groups in total. The van der Waals surface area contributed by atoms with Crippen molar-refractivity contribution in [2.75, 3.05) is 6.61 Å². The van der Waals surface area contributed by atoms with Gasteiger partial charge in [0.1, 0.15) is 10.1 Å². The number of H-pyrrole nitrogens is 1. The van der Waals surface area contributed by atoms with Crippen molar-refractivity contribution >= 4 is 33.4 Å². The number of carbonyl (C=O) groups is 1. The van der Waals surface area contributed by atoms with E-state index in [2.05, 4.69) is 30.6 Å². The number of pyridine rings is 2. The van der Waals surface area contributed by atoms with Gasteiger partial charge in [-0.25, -0.2) is 4.98 Å². The first-order valence-electron chi connectivity index (χ1n) is 4.94. The number of rotatable bonds is 4. The fraction of sp³-hybridized carbons (Fsp3) is 0.182. The number of aromatic nitrogens is 2. The molecule has 88 valence electrons. The average Bonchev–Trinajstić information content (AvgIpc) is 2.33. The van der Waals surface area contributed by atoms with Gasteiger partial charge in [-0.2, -0.15) is 0 Å². The van der Waals surface area contributed by atoms with E-state index in [0.29, 0.717) is 34.1 Å². The molecule has 2 rings (SSSR count). The highest BCUT2D eigenvalue weighted by Crippen LogP contribution is 2.11. The Bertz CT molecular complexity index is 609. The lowest BCUT2D eigenvalue weighted by Crippen LogP contribution is -2.13. The Morgan fingerprint density at radius 3 is 3.06 bits per heavy atom. The zero-order valence-electron chi connectivity index (χ0n) is 8.77. The largest absolute Gasteiger partial charge is 0.468 e. The Hall–Kier alpha value is -1.69. The first-order valence-corrected chi connectivity index (χ1v) is 5.73. The van der Waals surface area contributed by atoms with E-state index < -0.39 is 0 Å². The molecule has 0 saturated heterocycles. The Morgan fingerprint density at radius 1 is 1.47 bits per heavy atom. The number of halogens is 1. The summed E-state index contributed by atoms with van der Waals surface area (Å²) in [6, 6.07) is 3.53. The van der Waals surface area contributed by atoms with Gasteiger partial charge < -0.3 is 9.72 Å². The number of aromatic amines is 1. The van der Waals surface area contributed by atoms with Crippen LogP contribution in [0.15, 0.2) is 27.7 Å². The summed E-state index contributed by atoms with van der Waals surface area (Å²) >= 11 is 3.22. The molecule has 2 aromatic heterocycles. The number of hydrogen-bond acceptors (Lipinski definition) is 4. The molecule has 0 fully saturated rings. The third-order valence-corrected chi connectivity index (χ3v) is 2.77. The second kappa shape index (κ2) is 5.09. The highest BCUT2D eigenvalue weighted by Gasteiger charge is 2.06. The van der Waals surface area contributed by atoms with Crippen molar-refractivity contribution in [2.24, 2.45) is 0 Å². The summed E-state index contributed by atoms with van der Waals surface area (Å²) in [5, 5.41) is 0. The van der Waals surface area contributed by atoms with Gasteiger partial charge in [-0.3, -0.25) is 9.59 Å². The lowest BCUT2D eigenvalue weighted by molar-refractivity contribution is -0.128. The van der Waals surface area contributed by atoms with Crippen molar-refractivity contribution in [3.05, 3.63) is 38.7 Å². The topological polar surface area (TPSA) is 72.1 Å². The molecule has 0 bridgehead atoms. The van der Waals surface area contributed by atoms with Crippen LogP contribution < -0.4 is 5.43 Å². The number of ether oxygens (including phenoxy) is 1. The van der Waals surface area contributed by atoms with Crippen LogP contribution in [0.1, 0.15) is 5.56 Å². The monoisotopic (exact) mass is 296 g/mol. The van der Waals surface area contributed by atoms with E-state index >= 15 is 0 Å². The molecule has 0 saturated carbocycles. The van der Waals surface area contributed by atoms with E-state index in [4.69, 9.17) is 0 Å². The predicted molar refractivity (Wildman–Crippen MR) is 65.8 cm³/mol. The predicted octanol–water partition coefficient (Wildman–Crippen LogP) is 1.40. The maximum atomic E-state index is 12.0. The molecule has 2 heterocycles. The summed E-state index contributed by atoms with van der Waals surface area (Å²) in [7, 11) is 0. The van der Waals surface area contributed by atoms with E-state index in [9.17, 15) is 9.59 Å². The van der Waals surface area contributed by atoms with E-state index in [1.807, 2.05) is 0 Å². The molecule has 0 aliphatic rings.